The van der Waals surface area contributed by atoms with Gasteiger partial charge in [-0.15, -0.1) is 0 Å². The molecule has 5 heteroatoms. The van der Waals surface area contributed by atoms with Crippen molar-refractivity contribution in [3.63, 3.8) is 0 Å². The number of rotatable bonds is 3. The first-order valence-corrected chi connectivity index (χ1v) is 5.85. The molecule has 1 aromatic heterocycles. The van der Waals surface area contributed by atoms with Gasteiger partial charge in [-0.1, -0.05) is 6.07 Å². The van der Waals surface area contributed by atoms with Gasteiger partial charge in [0.1, 0.15) is 0 Å². The van der Waals surface area contributed by atoms with Gasteiger partial charge >= 0.3 is 0 Å². The summed E-state index contributed by atoms with van der Waals surface area (Å²) in [5.74, 6) is -0.204. The number of nitrogens with two attached hydrogens (primary N) is 1. The average molecular weight is 256 g/mol. The van der Waals surface area contributed by atoms with Gasteiger partial charge in [0.2, 0.25) is 0 Å². The minimum atomic E-state index is -0.204. The highest BCUT2D eigenvalue weighted by atomic mass is 16.1. The van der Waals surface area contributed by atoms with E-state index in [1.807, 2.05) is 25.1 Å². The highest BCUT2D eigenvalue weighted by Crippen LogP contribution is 2.16. The van der Waals surface area contributed by atoms with Gasteiger partial charge in [0.05, 0.1) is 23.8 Å². The molecule has 1 amide bonds. The molecule has 98 valence electrons. The van der Waals surface area contributed by atoms with Crippen molar-refractivity contribution in [2.75, 3.05) is 30.0 Å². The predicted molar refractivity (Wildman–Crippen MR) is 77.4 cm³/mol. The Labute approximate surface area is 112 Å². The predicted octanol–water partition coefficient (Wildman–Crippen LogP) is 1.98. The Hall–Kier alpha value is -2.56. The lowest BCUT2D eigenvalue weighted by molar-refractivity contribution is 0.102. The Morgan fingerprint density at radius 3 is 2.74 bits per heavy atom. The number of amides is 1. The summed E-state index contributed by atoms with van der Waals surface area (Å²) in [6.07, 6.45) is 3.34. The first kappa shape index (κ1) is 12.9. The second-order valence-electron chi connectivity index (χ2n) is 4.41. The first-order chi connectivity index (χ1) is 9.06. The van der Waals surface area contributed by atoms with Crippen molar-refractivity contribution in [1.29, 1.82) is 0 Å². The molecule has 5 nitrogen and oxygen atoms in total. The Balaban J connectivity index is 2.17. The molecule has 3 N–H and O–H groups in total. The van der Waals surface area contributed by atoms with Crippen molar-refractivity contribution < 1.29 is 4.79 Å². The van der Waals surface area contributed by atoms with E-state index in [9.17, 15) is 4.79 Å². The molecular weight excluding hydrogens is 240 g/mol. The summed E-state index contributed by atoms with van der Waals surface area (Å²) < 4.78 is 0. The number of pyridine rings is 1. The van der Waals surface area contributed by atoms with Crippen LogP contribution in [-0.2, 0) is 0 Å². The van der Waals surface area contributed by atoms with Crippen molar-refractivity contribution >= 4 is 23.0 Å². The van der Waals surface area contributed by atoms with Crippen LogP contribution in [0, 0.1) is 0 Å². The molecule has 0 unspecified atom stereocenters. The van der Waals surface area contributed by atoms with Crippen molar-refractivity contribution in [2.45, 2.75) is 0 Å². The number of aromatic nitrogens is 1. The van der Waals surface area contributed by atoms with Gasteiger partial charge in [-0.05, 0) is 24.3 Å². The lowest BCUT2D eigenvalue weighted by atomic mass is 10.2. The third-order valence-electron chi connectivity index (χ3n) is 2.65. The lowest BCUT2D eigenvalue weighted by Crippen LogP contribution is -2.14. The Morgan fingerprint density at radius 1 is 1.26 bits per heavy atom. The SMILES string of the molecule is CN(C)c1cncc(NC(=O)c2cccc(N)c2)c1. The normalized spacial score (nSPS) is 10.0. The zero-order valence-corrected chi connectivity index (χ0v) is 10.9. The van der Waals surface area contributed by atoms with Crippen molar-refractivity contribution in [2.24, 2.45) is 0 Å². The Morgan fingerprint density at radius 2 is 2.05 bits per heavy atom. The van der Waals surface area contributed by atoms with Crippen molar-refractivity contribution in [3.8, 4) is 0 Å². The third kappa shape index (κ3) is 3.22. The fourth-order valence-electron chi connectivity index (χ4n) is 1.62. The van der Waals surface area contributed by atoms with E-state index in [0.717, 1.165) is 5.69 Å². The molecule has 19 heavy (non-hydrogen) atoms. The average Bonchev–Trinajstić information content (AvgIpc) is 2.39. The van der Waals surface area contributed by atoms with Crippen LogP contribution in [0.15, 0.2) is 42.7 Å². The molecular formula is C14H16N4O. The zero-order valence-electron chi connectivity index (χ0n) is 10.9. The van der Waals surface area contributed by atoms with Crippen LogP contribution in [0.25, 0.3) is 0 Å². The molecule has 1 heterocycles. The number of benzene rings is 1. The molecule has 0 fully saturated rings. The van der Waals surface area contributed by atoms with Crippen LogP contribution in [0.3, 0.4) is 0 Å². The number of nitrogen functional groups attached to an aromatic ring is 1. The van der Waals surface area contributed by atoms with Crippen molar-refractivity contribution in [3.05, 3.63) is 48.3 Å². The molecule has 0 atom stereocenters. The van der Waals surface area contributed by atoms with Gasteiger partial charge in [0.15, 0.2) is 0 Å². The topological polar surface area (TPSA) is 71.2 Å². The summed E-state index contributed by atoms with van der Waals surface area (Å²) in [6.45, 7) is 0. The standard InChI is InChI=1S/C14H16N4O/c1-18(2)13-7-12(8-16-9-13)17-14(19)10-4-3-5-11(15)6-10/h3-9H,15H2,1-2H3,(H,17,19). The Bertz CT molecular complexity index is 596. The minimum absolute atomic E-state index is 0.204. The fourth-order valence-corrected chi connectivity index (χ4v) is 1.62. The number of hydrogen-bond donors (Lipinski definition) is 2. The summed E-state index contributed by atoms with van der Waals surface area (Å²) in [5.41, 5.74) is 8.31. The number of carbonyl (C=O) groups excluding carboxylic acids is 1. The minimum Gasteiger partial charge on any atom is -0.399 e. The summed E-state index contributed by atoms with van der Waals surface area (Å²) in [7, 11) is 3.83. The zero-order chi connectivity index (χ0) is 13.8. The van der Waals surface area contributed by atoms with Gasteiger partial charge in [-0.25, -0.2) is 0 Å². The van der Waals surface area contributed by atoms with Crippen LogP contribution in [0.5, 0.6) is 0 Å². The maximum atomic E-state index is 12.0. The number of carbonyl (C=O) groups is 1. The summed E-state index contributed by atoms with van der Waals surface area (Å²) in [5, 5.41) is 2.80. The number of hydrogen-bond acceptors (Lipinski definition) is 4. The van der Waals surface area contributed by atoms with E-state index < -0.39 is 0 Å². The maximum absolute atomic E-state index is 12.0. The molecule has 0 saturated carbocycles. The second-order valence-corrected chi connectivity index (χ2v) is 4.41. The first-order valence-electron chi connectivity index (χ1n) is 5.85. The summed E-state index contributed by atoms with van der Waals surface area (Å²) in [4.78, 5) is 18.0. The molecule has 0 spiro atoms. The summed E-state index contributed by atoms with van der Waals surface area (Å²) in [6, 6.07) is 8.70. The van der Waals surface area contributed by atoms with E-state index >= 15 is 0 Å². The van der Waals surface area contributed by atoms with E-state index in [0.29, 0.717) is 16.9 Å². The molecule has 0 bridgehead atoms. The molecule has 1 aromatic carbocycles. The van der Waals surface area contributed by atoms with Gasteiger partial charge in [-0.2, -0.15) is 0 Å². The van der Waals surface area contributed by atoms with Crippen LogP contribution >= 0.6 is 0 Å². The molecule has 0 saturated heterocycles. The van der Waals surface area contributed by atoms with E-state index in [1.54, 1.807) is 36.7 Å². The third-order valence-corrected chi connectivity index (χ3v) is 2.65. The van der Waals surface area contributed by atoms with Gasteiger partial charge in [0.25, 0.3) is 5.91 Å². The smallest absolute Gasteiger partial charge is 0.255 e. The Kier molecular flexibility index (Phi) is 3.66. The molecule has 2 aromatic rings. The van der Waals surface area contributed by atoms with E-state index in [2.05, 4.69) is 10.3 Å². The van der Waals surface area contributed by atoms with Gasteiger partial charge < -0.3 is 16.0 Å². The molecule has 0 aliphatic heterocycles. The quantitative estimate of drug-likeness (QED) is 0.824. The van der Waals surface area contributed by atoms with Crippen LogP contribution in [0.1, 0.15) is 10.4 Å². The largest absolute Gasteiger partial charge is 0.399 e. The second kappa shape index (κ2) is 5.39. The van der Waals surface area contributed by atoms with E-state index in [4.69, 9.17) is 5.73 Å². The number of nitrogens with one attached hydrogen (secondary N) is 1. The van der Waals surface area contributed by atoms with E-state index in [-0.39, 0.29) is 5.91 Å². The van der Waals surface area contributed by atoms with Crippen LogP contribution < -0.4 is 16.0 Å². The van der Waals surface area contributed by atoms with Crippen LogP contribution in [0.2, 0.25) is 0 Å². The summed E-state index contributed by atoms with van der Waals surface area (Å²) >= 11 is 0. The maximum Gasteiger partial charge on any atom is 0.255 e. The lowest BCUT2D eigenvalue weighted by Gasteiger charge is -2.13. The highest BCUT2D eigenvalue weighted by Gasteiger charge is 2.07. The number of anilines is 3. The van der Waals surface area contributed by atoms with Gasteiger partial charge in [0, 0.05) is 25.3 Å². The highest BCUT2D eigenvalue weighted by molar-refractivity contribution is 6.04. The van der Waals surface area contributed by atoms with Crippen LogP contribution in [-0.4, -0.2) is 25.0 Å². The molecule has 0 aliphatic carbocycles. The number of nitrogens with zero attached hydrogens (tertiary/aromatic N) is 2. The molecule has 0 radical (unpaired) electrons. The van der Waals surface area contributed by atoms with Crippen LogP contribution in [0.4, 0.5) is 17.1 Å². The monoisotopic (exact) mass is 256 g/mol. The fraction of sp³-hybridized carbons (Fsp3) is 0.143. The molecule has 0 aliphatic rings. The van der Waals surface area contributed by atoms with E-state index in [1.165, 1.54) is 0 Å². The molecule has 2 rings (SSSR count). The van der Waals surface area contributed by atoms with Gasteiger partial charge in [-0.3, -0.25) is 9.78 Å². The van der Waals surface area contributed by atoms with Crippen molar-refractivity contribution in [1.82, 2.24) is 4.98 Å².